The fourth-order valence-electron chi connectivity index (χ4n) is 0.999. The van der Waals surface area contributed by atoms with E-state index in [9.17, 15) is 13.6 Å². The predicted octanol–water partition coefficient (Wildman–Crippen LogP) is 2.99. The predicted molar refractivity (Wildman–Crippen MR) is 52.0 cm³/mol. The Labute approximate surface area is 90.8 Å². The van der Waals surface area contributed by atoms with Crippen LogP contribution < -0.4 is 0 Å². The second-order valence-corrected chi connectivity index (χ2v) is 3.24. The minimum absolute atomic E-state index is 0.0813. The Morgan fingerprint density at radius 2 is 1.93 bits per heavy atom. The molecule has 0 aromatic heterocycles. The number of alkyl halides is 2. The van der Waals surface area contributed by atoms with Crippen LogP contribution in [0.25, 0.3) is 0 Å². The SMILES string of the molecule is CCOC(=O)C(F)(F)c1ccc(Cl)cc1. The minimum Gasteiger partial charge on any atom is -0.461 e. The van der Waals surface area contributed by atoms with Gasteiger partial charge in [-0.2, -0.15) is 8.78 Å². The molecule has 15 heavy (non-hydrogen) atoms. The molecule has 1 aromatic rings. The number of carbonyl (C=O) groups is 1. The zero-order valence-electron chi connectivity index (χ0n) is 7.97. The minimum atomic E-state index is -3.62. The van der Waals surface area contributed by atoms with E-state index in [1.165, 1.54) is 19.1 Å². The van der Waals surface area contributed by atoms with Gasteiger partial charge in [0.05, 0.1) is 6.61 Å². The fraction of sp³-hybridized carbons (Fsp3) is 0.300. The molecule has 0 unspecified atom stereocenters. The Hall–Kier alpha value is -1.16. The van der Waals surface area contributed by atoms with Gasteiger partial charge >= 0.3 is 11.9 Å². The van der Waals surface area contributed by atoms with Gasteiger partial charge in [0.1, 0.15) is 0 Å². The standard InChI is InChI=1S/C10H9ClF2O2/c1-2-15-9(14)10(12,13)7-3-5-8(11)6-4-7/h3-6H,2H2,1H3. The second kappa shape index (κ2) is 4.57. The van der Waals surface area contributed by atoms with Crippen LogP contribution in [0.2, 0.25) is 5.02 Å². The number of esters is 1. The van der Waals surface area contributed by atoms with Crippen LogP contribution in [0.5, 0.6) is 0 Å². The van der Waals surface area contributed by atoms with Crippen LogP contribution in [0.3, 0.4) is 0 Å². The lowest BCUT2D eigenvalue weighted by atomic mass is 10.1. The number of hydrogen-bond donors (Lipinski definition) is 0. The quantitative estimate of drug-likeness (QED) is 0.752. The van der Waals surface area contributed by atoms with E-state index in [0.717, 1.165) is 12.1 Å². The summed E-state index contributed by atoms with van der Waals surface area (Å²) in [6.45, 7) is 1.39. The highest BCUT2D eigenvalue weighted by Crippen LogP contribution is 2.30. The summed E-state index contributed by atoms with van der Waals surface area (Å²) >= 11 is 5.54. The Morgan fingerprint density at radius 3 is 2.40 bits per heavy atom. The van der Waals surface area contributed by atoms with Crippen molar-refractivity contribution in [1.29, 1.82) is 0 Å². The number of ether oxygens (including phenoxy) is 1. The summed E-state index contributed by atoms with van der Waals surface area (Å²) in [5.74, 6) is -5.17. The zero-order valence-corrected chi connectivity index (χ0v) is 8.72. The van der Waals surface area contributed by atoms with Crippen molar-refractivity contribution in [1.82, 2.24) is 0 Å². The van der Waals surface area contributed by atoms with Crippen LogP contribution in [0.15, 0.2) is 24.3 Å². The summed E-state index contributed by atoms with van der Waals surface area (Å²) in [6.07, 6.45) is 0. The maximum absolute atomic E-state index is 13.4. The maximum atomic E-state index is 13.4. The van der Waals surface area contributed by atoms with Crippen molar-refractivity contribution in [3.63, 3.8) is 0 Å². The lowest BCUT2D eigenvalue weighted by Crippen LogP contribution is -2.28. The van der Waals surface area contributed by atoms with E-state index in [1.807, 2.05) is 0 Å². The third kappa shape index (κ3) is 2.65. The molecule has 0 fully saturated rings. The summed E-state index contributed by atoms with van der Waals surface area (Å²) in [5, 5.41) is 0.332. The molecule has 0 N–H and O–H groups in total. The third-order valence-electron chi connectivity index (χ3n) is 1.74. The van der Waals surface area contributed by atoms with Gasteiger partial charge in [-0.3, -0.25) is 0 Å². The van der Waals surface area contributed by atoms with Crippen molar-refractivity contribution >= 4 is 17.6 Å². The van der Waals surface area contributed by atoms with E-state index >= 15 is 0 Å². The lowest BCUT2D eigenvalue weighted by molar-refractivity contribution is -0.173. The molecule has 0 bridgehead atoms. The molecular weight excluding hydrogens is 226 g/mol. The van der Waals surface area contributed by atoms with Gasteiger partial charge < -0.3 is 4.74 Å². The molecule has 1 aromatic carbocycles. The van der Waals surface area contributed by atoms with Crippen molar-refractivity contribution in [2.24, 2.45) is 0 Å². The third-order valence-corrected chi connectivity index (χ3v) is 1.99. The molecule has 0 saturated heterocycles. The lowest BCUT2D eigenvalue weighted by Gasteiger charge is -2.14. The Kier molecular flexibility index (Phi) is 3.63. The number of rotatable bonds is 3. The Morgan fingerprint density at radius 1 is 1.40 bits per heavy atom. The van der Waals surface area contributed by atoms with Crippen molar-refractivity contribution < 1.29 is 18.3 Å². The largest absolute Gasteiger partial charge is 0.461 e. The molecule has 0 amide bonds. The van der Waals surface area contributed by atoms with Crippen molar-refractivity contribution in [3.05, 3.63) is 34.9 Å². The van der Waals surface area contributed by atoms with Crippen LogP contribution in [0.4, 0.5) is 8.78 Å². The molecular formula is C10H9ClF2O2. The van der Waals surface area contributed by atoms with E-state index in [0.29, 0.717) is 5.02 Å². The van der Waals surface area contributed by atoms with E-state index in [-0.39, 0.29) is 6.61 Å². The highest BCUT2D eigenvalue weighted by molar-refractivity contribution is 6.30. The number of hydrogen-bond acceptors (Lipinski definition) is 2. The maximum Gasteiger partial charge on any atom is 0.381 e. The first-order valence-corrected chi connectivity index (χ1v) is 4.67. The Bertz CT molecular complexity index is 349. The van der Waals surface area contributed by atoms with Crippen LogP contribution in [-0.4, -0.2) is 12.6 Å². The number of benzene rings is 1. The molecule has 0 aliphatic rings. The van der Waals surface area contributed by atoms with Gasteiger partial charge in [-0.15, -0.1) is 0 Å². The van der Waals surface area contributed by atoms with E-state index < -0.39 is 17.5 Å². The van der Waals surface area contributed by atoms with Gasteiger partial charge in [-0.05, 0) is 19.1 Å². The average Bonchev–Trinajstić information content (AvgIpc) is 2.18. The van der Waals surface area contributed by atoms with Gasteiger partial charge in [0, 0.05) is 10.6 Å². The normalized spacial score (nSPS) is 11.2. The average molecular weight is 235 g/mol. The molecule has 0 radical (unpaired) electrons. The Balaban J connectivity index is 2.94. The zero-order chi connectivity index (χ0) is 11.5. The van der Waals surface area contributed by atoms with Crippen LogP contribution in [0.1, 0.15) is 12.5 Å². The van der Waals surface area contributed by atoms with E-state index in [4.69, 9.17) is 11.6 Å². The molecule has 5 heteroatoms. The van der Waals surface area contributed by atoms with E-state index in [2.05, 4.69) is 4.74 Å². The molecule has 0 spiro atoms. The smallest absolute Gasteiger partial charge is 0.381 e. The first-order chi connectivity index (χ1) is 6.98. The molecule has 0 aliphatic heterocycles. The summed E-state index contributed by atoms with van der Waals surface area (Å²) in [6, 6.07) is 4.78. The summed E-state index contributed by atoms with van der Waals surface area (Å²) in [4.78, 5) is 10.9. The van der Waals surface area contributed by atoms with Gasteiger partial charge in [0.25, 0.3) is 0 Å². The molecule has 2 nitrogen and oxygen atoms in total. The number of halogens is 3. The fourth-order valence-corrected chi connectivity index (χ4v) is 1.12. The van der Waals surface area contributed by atoms with Gasteiger partial charge in [0.2, 0.25) is 0 Å². The molecule has 0 atom stereocenters. The van der Waals surface area contributed by atoms with Crippen LogP contribution in [-0.2, 0) is 15.5 Å². The van der Waals surface area contributed by atoms with Crippen molar-refractivity contribution in [2.75, 3.05) is 6.61 Å². The highest BCUT2D eigenvalue weighted by atomic mass is 35.5. The summed E-state index contributed by atoms with van der Waals surface area (Å²) in [7, 11) is 0. The monoisotopic (exact) mass is 234 g/mol. The summed E-state index contributed by atoms with van der Waals surface area (Å²) < 4.78 is 31.0. The highest BCUT2D eigenvalue weighted by Gasteiger charge is 2.42. The van der Waals surface area contributed by atoms with Crippen molar-refractivity contribution in [2.45, 2.75) is 12.8 Å². The molecule has 0 heterocycles. The van der Waals surface area contributed by atoms with Crippen LogP contribution in [0, 0.1) is 0 Å². The molecule has 82 valence electrons. The van der Waals surface area contributed by atoms with Gasteiger partial charge in [-0.25, -0.2) is 4.79 Å². The van der Waals surface area contributed by atoms with E-state index in [1.54, 1.807) is 0 Å². The number of carbonyl (C=O) groups excluding carboxylic acids is 1. The topological polar surface area (TPSA) is 26.3 Å². The van der Waals surface area contributed by atoms with Gasteiger partial charge in [0.15, 0.2) is 0 Å². The van der Waals surface area contributed by atoms with Crippen molar-refractivity contribution in [3.8, 4) is 0 Å². The molecule has 1 rings (SSSR count). The van der Waals surface area contributed by atoms with Crippen LogP contribution >= 0.6 is 11.6 Å². The summed E-state index contributed by atoms with van der Waals surface area (Å²) in [5.41, 5.74) is -0.426. The second-order valence-electron chi connectivity index (χ2n) is 2.80. The molecule has 0 aliphatic carbocycles. The first kappa shape index (κ1) is 11.9. The first-order valence-electron chi connectivity index (χ1n) is 4.29. The van der Waals surface area contributed by atoms with Gasteiger partial charge in [-0.1, -0.05) is 23.7 Å². The molecule has 0 saturated carbocycles.